The fraction of sp³-hybridized carbons (Fsp3) is 0.0667. The van der Waals surface area contributed by atoms with Gasteiger partial charge in [-0.1, -0.05) is 36.4 Å². The van der Waals surface area contributed by atoms with Crippen LogP contribution in [0.2, 0.25) is 0 Å². The van der Waals surface area contributed by atoms with Crippen molar-refractivity contribution in [3.63, 3.8) is 0 Å². The Bertz CT molecular complexity index is 620. The van der Waals surface area contributed by atoms with E-state index in [9.17, 15) is 0 Å². The summed E-state index contributed by atoms with van der Waals surface area (Å²) in [5, 5.41) is 0. The molecule has 16 heavy (non-hydrogen) atoms. The molecule has 0 fully saturated rings. The van der Waals surface area contributed by atoms with Gasteiger partial charge >= 0.3 is 0 Å². The van der Waals surface area contributed by atoms with Crippen molar-refractivity contribution in [1.82, 2.24) is 4.40 Å². The monoisotopic (exact) mass is 207 g/mol. The van der Waals surface area contributed by atoms with Crippen LogP contribution >= 0.6 is 0 Å². The molecular weight excluding hydrogens is 194 g/mol. The third-order valence-corrected chi connectivity index (χ3v) is 3.03. The van der Waals surface area contributed by atoms with Gasteiger partial charge in [0.2, 0.25) is 0 Å². The summed E-state index contributed by atoms with van der Waals surface area (Å²) in [5.74, 6) is 0. The Labute approximate surface area is 95.0 Å². The maximum atomic E-state index is 2.19. The van der Waals surface area contributed by atoms with Crippen LogP contribution in [0.15, 0.2) is 60.9 Å². The second-order valence-corrected chi connectivity index (χ2v) is 4.03. The standard InChI is InChI=1S/C15H13N/c1-12-14(13-7-3-2-4-8-13)11-16-10-6-5-9-15(12)16/h2-11H,1H3. The van der Waals surface area contributed by atoms with E-state index in [1.165, 1.54) is 22.2 Å². The highest BCUT2D eigenvalue weighted by Crippen LogP contribution is 2.27. The molecule has 0 unspecified atom stereocenters. The average molecular weight is 207 g/mol. The van der Waals surface area contributed by atoms with E-state index in [4.69, 9.17) is 0 Å². The highest BCUT2D eigenvalue weighted by molar-refractivity contribution is 5.76. The van der Waals surface area contributed by atoms with E-state index in [1.807, 2.05) is 0 Å². The molecule has 0 aliphatic heterocycles. The second kappa shape index (κ2) is 3.53. The Morgan fingerprint density at radius 3 is 2.38 bits per heavy atom. The summed E-state index contributed by atoms with van der Waals surface area (Å²) in [7, 11) is 0. The molecule has 3 rings (SSSR count). The smallest absolute Gasteiger partial charge is 0.0485 e. The minimum Gasteiger partial charge on any atom is -0.323 e. The summed E-state index contributed by atoms with van der Waals surface area (Å²) in [6, 6.07) is 16.8. The molecule has 0 radical (unpaired) electrons. The Morgan fingerprint density at radius 1 is 0.875 bits per heavy atom. The van der Waals surface area contributed by atoms with Gasteiger partial charge in [0, 0.05) is 23.5 Å². The molecule has 3 aromatic rings. The van der Waals surface area contributed by atoms with Crippen LogP contribution in [0.1, 0.15) is 5.56 Å². The average Bonchev–Trinajstić information content (AvgIpc) is 2.69. The van der Waals surface area contributed by atoms with Crippen molar-refractivity contribution in [2.24, 2.45) is 0 Å². The molecule has 1 aromatic carbocycles. The molecule has 0 N–H and O–H groups in total. The topological polar surface area (TPSA) is 4.41 Å². The molecular formula is C15H13N. The third-order valence-electron chi connectivity index (χ3n) is 3.03. The first-order valence-electron chi connectivity index (χ1n) is 5.48. The SMILES string of the molecule is Cc1c(-c2ccccc2)cn2ccccc12. The molecule has 0 aliphatic carbocycles. The Morgan fingerprint density at radius 2 is 1.62 bits per heavy atom. The minimum absolute atomic E-state index is 1.28. The summed E-state index contributed by atoms with van der Waals surface area (Å²) < 4.78 is 2.18. The Kier molecular flexibility index (Phi) is 2.03. The van der Waals surface area contributed by atoms with Gasteiger partial charge in [-0.05, 0) is 30.2 Å². The van der Waals surface area contributed by atoms with Crippen LogP contribution in [-0.2, 0) is 0 Å². The summed E-state index contributed by atoms with van der Waals surface area (Å²) in [5.41, 5.74) is 5.21. The van der Waals surface area contributed by atoms with Gasteiger partial charge < -0.3 is 4.40 Å². The van der Waals surface area contributed by atoms with Crippen molar-refractivity contribution >= 4 is 5.52 Å². The van der Waals surface area contributed by atoms with Crippen LogP contribution in [0.4, 0.5) is 0 Å². The van der Waals surface area contributed by atoms with Crippen molar-refractivity contribution in [2.45, 2.75) is 6.92 Å². The number of benzene rings is 1. The highest BCUT2D eigenvalue weighted by atomic mass is 14.9. The van der Waals surface area contributed by atoms with Gasteiger partial charge in [0.25, 0.3) is 0 Å². The van der Waals surface area contributed by atoms with Crippen LogP contribution in [0.25, 0.3) is 16.6 Å². The number of rotatable bonds is 1. The number of aromatic nitrogens is 1. The lowest BCUT2D eigenvalue weighted by Gasteiger charge is -1.98. The molecule has 0 amide bonds. The van der Waals surface area contributed by atoms with Gasteiger partial charge in [0.1, 0.15) is 0 Å². The first-order valence-corrected chi connectivity index (χ1v) is 5.48. The molecule has 0 saturated heterocycles. The van der Waals surface area contributed by atoms with Crippen LogP contribution < -0.4 is 0 Å². The molecule has 2 heterocycles. The third kappa shape index (κ3) is 1.33. The largest absolute Gasteiger partial charge is 0.323 e. The van der Waals surface area contributed by atoms with Crippen molar-refractivity contribution in [3.8, 4) is 11.1 Å². The predicted molar refractivity (Wildman–Crippen MR) is 67.6 cm³/mol. The van der Waals surface area contributed by atoms with Crippen LogP contribution in [-0.4, -0.2) is 4.40 Å². The number of pyridine rings is 1. The molecule has 0 spiro atoms. The number of aryl methyl sites for hydroxylation is 1. The van der Waals surface area contributed by atoms with Gasteiger partial charge in [-0.15, -0.1) is 0 Å². The first kappa shape index (κ1) is 9.22. The van der Waals surface area contributed by atoms with E-state index in [0.717, 1.165) is 0 Å². The number of hydrogen-bond acceptors (Lipinski definition) is 0. The fourth-order valence-corrected chi connectivity index (χ4v) is 2.17. The minimum atomic E-state index is 1.28. The van der Waals surface area contributed by atoms with E-state index in [-0.39, 0.29) is 0 Å². The molecule has 2 aromatic heterocycles. The van der Waals surface area contributed by atoms with Gasteiger partial charge in [-0.3, -0.25) is 0 Å². The molecule has 1 nitrogen and oxygen atoms in total. The van der Waals surface area contributed by atoms with Gasteiger partial charge in [-0.2, -0.15) is 0 Å². The summed E-state index contributed by atoms with van der Waals surface area (Å²) in [6.07, 6.45) is 4.29. The van der Waals surface area contributed by atoms with Gasteiger partial charge in [-0.25, -0.2) is 0 Å². The maximum absolute atomic E-state index is 2.19. The zero-order valence-corrected chi connectivity index (χ0v) is 9.22. The Hall–Kier alpha value is -2.02. The van der Waals surface area contributed by atoms with Crippen molar-refractivity contribution in [1.29, 1.82) is 0 Å². The van der Waals surface area contributed by atoms with Crippen molar-refractivity contribution in [3.05, 3.63) is 66.5 Å². The quantitative estimate of drug-likeness (QED) is 0.569. The van der Waals surface area contributed by atoms with E-state index < -0.39 is 0 Å². The number of hydrogen-bond donors (Lipinski definition) is 0. The maximum Gasteiger partial charge on any atom is 0.0485 e. The summed E-state index contributed by atoms with van der Waals surface area (Å²) >= 11 is 0. The van der Waals surface area contributed by atoms with Crippen LogP contribution in [0.5, 0.6) is 0 Å². The molecule has 1 heteroatoms. The summed E-state index contributed by atoms with van der Waals surface area (Å²) in [4.78, 5) is 0. The zero-order valence-electron chi connectivity index (χ0n) is 9.22. The highest BCUT2D eigenvalue weighted by Gasteiger charge is 2.06. The number of nitrogens with zero attached hydrogens (tertiary/aromatic N) is 1. The molecule has 78 valence electrons. The normalized spacial score (nSPS) is 10.8. The van der Waals surface area contributed by atoms with Crippen molar-refractivity contribution < 1.29 is 0 Å². The lowest BCUT2D eigenvalue weighted by molar-refractivity contribution is 1.20. The zero-order chi connectivity index (χ0) is 11.0. The lowest BCUT2D eigenvalue weighted by Crippen LogP contribution is -1.78. The van der Waals surface area contributed by atoms with Gasteiger partial charge in [0.15, 0.2) is 0 Å². The summed E-state index contributed by atoms with van der Waals surface area (Å²) in [6.45, 7) is 2.18. The van der Waals surface area contributed by atoms with Crippen LogP contribution in [0.3, 0.4) is 0 Å². The van der Waals surface area contributed by atoms with E-state index in [0.29, 0.717) is 0 Å². The number of fused-ring (bicyclic) bond motifs is 1. The molecule has 0 aliphatic rings. The second-order valence-electron chi connectivity index (χ2n) is 4.03. The molecule has 0 atom stereocenters. The molecule has 0 saturated carbocycles. The lowest BCUT2D eigenvalue weighted by atomic mass is 10.1. The fourth-order valence-electron chi connectivity index (χ4n) is 2.17. The van der Waals surface area contributed by atoms with Crippen molar-refractivity contribution in [2.75, 3.05) is 0 Å². The van der Waals surface area contributed by atoms with Gasteiger partial charge in [0.05, 0.1) is 0 Å². The predicted octanol–water partition coefficient (Wildman–Crippen LogP) is 3.91. The first-order chi connectivity index (χ1) is 7.86. The van der Waals surface area contributed by atoms with E-state index >= 15 is 0 Å². The van der Waals surface area contributed by atoms with E-state index in [1.54, 1.807) is 0 Å². The van der Waals surface area contributed by atoms with Crippen LogP contribution in [0, 0.1) is 6.92 Å². The molecule has 0 bridgehead atoms. The Balaban J connectivity index is 2.29. The van der Waals surface area contributed by atoms with E-state index in [2.05, 4.69) is 72.2 Å².